The highest BCUT2D eigenvalue weighted by Gasteiger charge is 2.16. The monoisotopic (exact) mass is 421 g/mol. The highest BCUT2D eigenvalue weighted by atomic mass is 79.9. The average Bonchev–Trinajstić information content (AvgIpc) is 2.66. The number of methoxy groups -OCH3 is 1. The number of nitrogens with one attached hydrogen (secondary N) is 1. The molecule has 1 N–H and O–H groups in total. The number of fused-ring (bicyclic) bond motifs is 1. The molecule has 26 heavy (non-hydrogen) atoms. The van der Waals surface area contributed by atoms with Gasteiger partial charge in [-0.15, -0.1) is 0 Å². The fraction of sp³-hybridized carbons (Fsp3) is 0.222. The summed E-state index contributed by atoms with van der Waals surface area (Å²) in [6.45, 7) is 0.777. The fourth-order valence-corrected chi connectivity index (χ4v) is 2.72. The van der Waals surface area contributed by atoms with Gasteiger partial charge in [-0.1, -0.05) is 0 Å². The van der Waals surface area contributed by atoms with Gasteiger partial charge in [-0.05, 0) is 40.2 Å². The maximum absolute atomic E-state index is 12.1. The zero-order valence-electron chi connectivity index (χ0n) is 13.9. The Kier molecular flexibility index (Phi) is 5.62. The first-order chi connectivity index (χ1) is 12.6. The van der Waals surface area contributed by atoms with Gasteiger partial charge in [-0.2, -0.15) is 0 Å². The van der Waals surface area contributed by atoms with Crippen molar-refractivity contribution >= 4 is 33.5 Å². The Morgan fingerprint density at radius 3 is 2.42 bits per heavy atom. The molecule has 0 atom stereocenters. The van der Waals surface area contributed by atoms with E-state index in [0.717, 1.165) is 0 Å². The number of hydrogen-bond donors (Lipinski definition) is 1. The fourth-order valence-electron chi connectivity index (χ4n) is 2.30. The predicted octanol–water partition coefficient (Wildman–Crippen LogP) is 3.02. The lowest BCUT2D eigenvalue weighted by atomic mass is 10.2. The van der Waals surface area contributed by atoms with Crippen LogP contribution in [-0.2, 0) is 9.53 Å². The van der Waals surface area contributed by atoms with Crippen molar-refractivity contribution in [2.75, 3.05) is 32.2 Å². The van der Waals surface area contributed by atoms with Crippen LogP contribution in [0.5, 0.6) is 17.2 Å². The molecule has 1 aliphatic heterocycles. The van der Waals surface area contributed by atoms with Crippen molar-refractivity contribution in [3.8, 4) is 17.2 Å². The van der Waals surface area contributed by atoms with E-state index in [-0.39, 0.29) is 12.5 Å². The van der Waals surface area contributed by atoms with Crippen molar-refractivity contribution in [2.24, 2.45) is 0 Å². The Morgan fingerprint density at radius 2 is 1.77 bits per heavy atom. The zero-order chi connectivity index (χ0) is 18.5. The van der Waals surface area contributed by atoms with E-state index in [4.69, 9.17) is 14.2 Å². The number of amides is 1. The zero-order valence-corrected chi connectivity index (χ0v) is 15.5. The lowest BCUT2D eigenvalue weighted by Gasteiger charge is -2.20. The molecule has 0 unspecified atom stereocenters. The Morgan fingerprint density at radius 1 is 1.12 bits per heavy atom. The number of carbonyl (C=O) groups is 2. The third-order valence-electron chi connectivity index (χ3n) is 3.55. The largest absolute Gasteiger partial charge is 0.486 e. The minimum Gasteiger partial charge on any atom is -0.486 e. The highest BCUT2D eigenvalue weighted by molar-refractivity contribution is 9.10. The number of benzene rings is 2. The number of esters is 1. The molecule has 136 valence electrons. The van der Waals surface area contributed by atoms with Gasteiger partial charge in [0.25, 0.3) is 5.91 Å². The molecular formula is C18H16BrNO6. The molecule has 1 heterocycles. The summed E-state index contributed by atoms with van der Waals surface area (Å²) in [4.78, 5) is 23.5. The summed E-state index contributed by atoms with van der Waals surface area (Å²) in [6, 6.07) is 9.77. The van der Waals surface area contributed by atoms with Crippen molar-refractivity contribution in [1.82, 2.24) is 0 Å². The molecule has 0 radical (unpaired) electrons. The van der Waals surface area contributed by atoms with E-state index in [0.29, 0.717) is 46.2 Å². The van der Waals surface area contributed by atoms with E-state index in [9.17, 15) is 9.59 Å². The van der Waals surface area contributed by atoms with Crippen molar-refractivity contribution in [3.05, 3.63) is 46.4 Å². The van der Waals surface area contributed by atoms with Crippen LogP contribution in [0.4, 0.5) is 5.69 Å². The summed E-state index contributed by atoms with van der Waals surface area (Å²) in [6.07, 6.45) is 0. The van der Waals surface area contributed by atoms with E-state index in [1.54, 1.807) is 36.4 Å². The summed E-state index contributed by atoms with van der Waals surface area (Å²) in [5.74, 6) is 0.906. The normalized spacial score (nSPS) is 12.2. The minimum absolute atomic E-state index is 0.182. The molecule has 3 rings (SSSR count). The molecule has 0 saturated heterocycles. The first-order valence-corrected chi connectivity index (χ1v) is 8.56. The summed E-state index contributed by atoms with van der Waals surface area (Å²) in [7, 11) is 1.31. The minimum atomic E-state index is -0.433. The topological polar surface area (TPSA) is 83.1 Å². The van der Waals surface area contributed by atoms with Crippen molar-refractivity contribution < 1.29 is 28.5 Å². The van der Waals surface area contributed by atoms with Crippen LogP contribution in [-0.4, -0.2) is 38.8 Å². The van der Waals surface area contributed by atoms with Gasteiger partial charge in [0.15, 0.2) is 18.1 Å². The van der Waals surface area contributed by atoms with Gasteiger partial charge in [-0.25, -0.2) is 4.79 Å². The van der Waals surface area contributed by atoms with Crippen LogP contribution in [0.1, 0.15) is 10.4 Å². The van der Waals surface area contributed by atoms with Gasteiger partial charge in [0, 0.05) is 16.6 Å². The molecule has 8 heteroatoms. The lowest BCUT2D eigenvalue weighted by Crippen LogP contribution is -2.21. The molecule has 0 bridgehead atoms. The Bertz CT molecular complexity index is 821. The molecule has 2 aromatic rings. The lowest BCUT2D eigenvalue weighted by molar-refractivity contribution is -0.118. The van der Waals surface area contributed by atoms with Crippen LogP contribution >= 0.6 is 15.9 Å². The average molecular weight is 422 g/mol. The third-order valence-corrected chi connectivity index (χ3v) is 4.21. The van der Waals surface area contributed by atoms with E-state index in [2.05, 4.69) is 26.0 Å². The van der Waals surface area contributed by atoms with E-state index in [1.807, 2.05) is 0 Å². The van der Waals surface area contributed by atoms with Gasteiger partial charge in [0.2, 0.25) is 0 Å². The first kappa shape index (κ1) is 18.1. The van der Waals surface area contributed by atoms with Crippen LogP contribution in [0.15, 0.2) is 40.9 Å². The van der Waals surface area contributed by atoms with Gasteiger partial charge in [0.05, 0.1) is 18.4 Å². The molecule has 7 nitrogen and oxygen atoms in total. The second kappa shape index (κ2) is 8.09. The van der Waals surface area contributed by atoms with Crippen molar-refractivity contribution in [2.45, 2.75) is 0 Å². The smallest absolute Gasteiger partial charge is 0.337 e. The molecule has 2 aromatic carbocycles. The quantitative estimate of drug-likeness (QED) is 0.747. The third kappa shape index (κ3) is 4.26. The molecule has 0 fully saturated rings. The molecule has 0 saturated carbocycles. The summed E-state index contributed by atoms with van der Waals surface area (Å²) < 4.78 is 21.7. The highest BCUT2D eigenvalue weighted by Crippen LogP contribution is 2.38. The van der Waals surface area contributed by atoms with Crippen molar-refractivity contribution in [1.29, 1.82) is 0 Å². The summed E-state index contributed by atoms with van der Waals surface area (Å²) in [5.41, 5.74) is 0.966. The SMILES string of the molecule is COC(=O)c1ccc(OCC(=O)Nc2cc3c(cc2Br)OCCO3)cc1. The molecule has 1 aliphatic rings. The van der Waals surface area contributed by atoms with Crippen LogP contribution < -0.4 is 19.5 Å². The Balaban J connectivity index is 1.58. The molecular weight excluding hydrogens is 406 g/mol. The molecule has 0 spiro atoms. The van der Waals surface area contributed by atoms with E-state index >= 15 is 0 Å². The second-order valence-corrected chi connectivity index (χ2v) is 6.18. The second-order valence-electron chi connectivity index (χ2n) is 5.33. The molecule has 0 aliphatic carbocycles. The molecule has 1 amide bonds. The maximum Gasteiger partial charge on any atom is 0.337 e. The van der Waals surface area contributed by atoms with Crippen LogP contribution in [0.3, 0.4) is 0 Å². The Labute approximate surface area is 158 Å². The number of carbonyl (C=O) groups excluding carboxylic acids is 2. The van der Waals surface area contributed by atoms with Gasteiger partial charge in [-0.3, -0.25) is 4.79 Å². The standard InChI is InChI=1S/C18H16BrNO6/c1-23-18(22)11-2-4-12(5-3-11)26-10-17(21)20-14-9-16-15(8-13(14)19)24-6-7-25-16/h2-5,8-9H,6-7,10H2,1H3,(H,20,21). The van der Waals surface area contributed by atoms with E-state index < -0.39 is 5.97 Å². The van der Waals surface area contributed by atoms with Crippen molar-refractivity contribution in [3.63, 3.8) is 0 Å². The Hall–Kier alpha value is -2.74. The number of rotatable bonds is 5. The number of ether oxygens (including phenoxy) is 4. The summed E-state index contributed by atoms with van der Waals surface area (Å²) >= 11 is 3.39. The van der Waals surface area contributed by atoms with Crippen LogP contribution in [0, 0.1) is 0 Å². The van der Waals surface area contributed by atoms with Gasteiger partial charge < -0.3 is 24.3 Å². The number of halogens is 1. The first-order valence-electron chi connectivity index (χ1n) is 7.77. The maximum atomic E-state index is 12.1. The molecule has 0 aromatic heterocycles. The van der Waals surface area contributed by atoms with Crippen LogP contribution in [0.25, 0.3) is 0 Å². The van der Waals surface area contributed by atoms with Crippen LogP contribution in [0.2, 0.25) is 0 Å². The summed E-state index contributed by atoms with van der Waals surface area (Å²) in [5, 5.41) is 2.75. The van der Waals surface area contributed by atoms with Gasteiger partial charge >= 0.3 is 5.97 Å². The predicted molar refractivity (Wildman–Crippen MR) is 97.0 cm³/mol. The van der Waals surface area contributed by atoms with Gasteiger partial charge in [0.1, 0.15) is 19.0 Å². The number of hydrogen-bond acceptors (Lipinski definition) is 6. The van der Waals surface area contributed by atoms with E-state index in [1.165, 1.54) is 7.11 Å². The number of anilines is 1.